The summed E-state index contributed by atoms with van der Waals surface area (Å²) in [5.74, 6) is -2.87. The number of esters is 2. The summed E-state index contributed by atoms with van der Waals surface area (Å²) in [4.78, 5) is 37.3. The van der Waals surface area contributed by atoms with E-state index >= 15 is 0 Å². The summed E-state index contributed by atoms with van der Waals surface area (Å²) in [7, 11) is 2.00. The smallest absolute Gasteiger partial charge is 0.416 e. The lowest BCUT2D eigenvalue weighted by Crippen LogP contribution is -2.50. The van der Waals surface area contributed by atoms with Gasteiger partial charge >= 0.3 is 18.1 Å². The molecule has 3 rings (SSSR count). The molecule has 33 heavy (non-hydrogen) atoms. The number of carbonyl (C=O) groups excluding carboxylic acids is 3. The normalized spacial score (nSPS) is 18.0. The number of Topliss-reactive ketones (excluding diaryl/α,β-unsaturated/α-hetero) is 1. The Balaban J connectivity index is 2.51. The predicted octanol–water partition coefficient (Wildman–Crippen LogP) is 2.84. The van der Waals surface area contributed by atoms with E-state index in [9.17, 15) is 32.1 Å². The highest BCUT2D eigenvalue weighted by atomic mass is 35.5. The number of nitrogens with zero attached hydrogens (tertiary/aromatic N) is 2. The Labute approximate surface area is 193 Å². The molecule has 1 aromatic heterocycles. The number of hydrogen-bond donors (Lipinski definition) is 1. The van der Waals surface area contributed by atoms with Crippen molar-refractivity contribution in [2.24, 2.45) is 0 Å². The molecule has 0 radical (unpaired) electrons. The molecule has 2 heterocycles. The zero-order valence-corrected chi connectivity index (χ0v) is 19.2. The van der Waals surface area contributed by atoms with Crippen LogP contribution in [-0.2, 0) is 42.0 Å². The maximum absolute atomic E-state index is 13.6. The largest absolute Gasteiger partial charge is 0.611 e. The number of hydrogen-bond acceptors (Lipinski definition) is 8. The minimum Gasteiger partial charge on any atom is -0.611 e. The summed E-state index contributed by atoms with van der Waals surface area (Å²) in [5, 5.41) is 6.28. The van der Waals surface area contributed by atoms with Gasteiger partial charge in [-0.25, -0.2) is 9.48 Å². The van der Waals surface area contributed by atoms with Crippen LogP contribution in [0.15, 0.2) is 17.0 Å². The van der Waals surface area contributed by atoms with E-state index in [0.717, 1.165) is 25.8 Å². The molecular weight excluding hydrogens is 491 g/mol. The molecule has 1 aromatic carbocycles. The number of methoxy groups -OCH3 is 2. The van der Waals surface area contributed by atoms with Crippen molar-refractivity contribution in [3.05, 3.63) is 34.0 Å². The Bertz CT molecular complexity index is 1170. The van der Waals surface area contributed by atoms with E-state index in [1.165, 1.54) is 6.26 Å². The topological polar surface area (TPSA) is 123 Å². The van der Waals surface area contributed by atoms with E-state index < -0.39 is 63.2 Å². The van der Waals surface area contributed by atoms with Gasteiger partial charge in [0.1, 0.15) is 6.26 Å². The van der Waals surface area contributed by atoms with Gasteiger partial charge in [-0.05, 0) is 23.3 Å². The molecule has 0 saturated carbocycles. The molecule has 0 saturated heterocycles. The van der Waals surface area contributed by atoms with Crippen LogP contribution < -0.4 is 5.32 Å². The third kappa shape index (κ3) is 4.04. The molecule has 0 fully saturated rings. The van der Waals surface area contributed by atoms with E-state index in [1.807, 2.05) is 0 Å². The second kappa shape index (κ2) is 8.54. The fourth-order valence-electron chi connectivity index (χ4n) is 3.59. The average molecular weight is 508 g/mol. The van der Waals surface area contributed by atoms with E-state index in [-0.39, 0.29) is 22.1 Å². The van der Waals surface area contributed by atoms with Crippen LogP contribution in [-0.4, -0.2) is 52.5 Å². The lowest BCUT2D eigenvalue weighted by molar-refractivity contribution is -0.153. The van der Waals surface area contributed by atoms with Crippen LogP contribution in [0.3, 0.4) is 0 Å². The van der Waals surface area contributed by atoms with Gasteiger partial charge in [0.2, 0.25) is 4.90 Å². The van der Waals surface area contributed by atoms with Crippen LogP contribution in [0.4, 0.5) is 19.0 Å². The number of nitrogens with one attached hydrogen (secondary N) is 1. The summed E-state index contributed by atoms with van der Waals surface area (Å²) in [6.07, 6.45) is -4.41. The standard InChI is InChI=1S/C19H17ClF3N3O6S/c1-8(27)13-15(33(4)30)16-24-18(17(29)32-3,7-12(28)31-2)10-5-9(19(21,22)23)6-11(20)14(10)26(16)25-13/h5-6,24H,7H2,1-4H3. The monoisotopic (exact) mass is 507 g/mol. The first-order chi connectivity index (χ1) is 15.3. The van der Waals surface area contributed by atoms with Crippen molar-refractivity contribution >= 4 is 46.3 Å². The van der Waals surface area contributed by atoms with Crippen molar-refractivity contribution in [2.45, 2.75) is 30.0 Å². The number of aromatic nitrogens is 2. The summed E-state index contributed by atoms with van der Waals surface area (Å²) in [5.41, 5.74) is -4.32. The van der Waals surface area contributed by atoms with Crippen LogP contribution in [0.25, 0.3) is 5.69 Å². The first-order valence-electron chi connectivity index (χ1n) is 9.10. The maximum Gasteiger partial charge on any atom is 0.416 e. The van der Waals surface area contributed by atoms with Crippen LogP contribution in [0.2, 0.25) is 5.02 Å². The molecule has 2 unspecified atom stereocenters. The summed E-state index contributed by atoms with van der Waals surface area (Å²) in [6.45, 7) is 1.15. The molecule has 9 nitrogen and oxygen atoms in total. The van der Waals surface area contributed by atoms with Gasteiger partial charge in [-0.1, -0.05) is 11.6 Å². The minimum absolute atomic E-state index is 0.123. The quantitative estimate of drug-likeness (QED) is 0.372. The van der Waals surface area contributed by atoms with Crippen LogP contribution in [0.1, 0.15) is 35.0 Å². The number of ether oxygens (including phenoxy) is 2. The van der Waals surface area contributed by atoms with Gasteiger partial charge in [0.25, 0.3) is 0 Å². The Kier molecular flexibility index (Phi) is 6.43. The van der Waals surface area contributed by atoms with E-state index in [4.69, 9.17) is 16.3 Å². The highest BCUT2D eigenvalue weighted by Crippen LogP contribution is 2.48. The van der Waals surface area contributed by atoms with Gasteiger partial charge in [-0.3, -0.25) is 9.59 Å². The van der Waals surface area contributed by atoms with Crippen LogP contribution in [0.5, 0.6) is 0 Å². The van der Waals surface area contributed by atoms with Crippen LogP contribution >= 0.6 is 11.6 Å². The molecule has 2 atom stereocenters. The molecule has 0 amide bonds. The molecule has 178 valence electrons. The zero-order valence-electron chi connectivity index (χ0n) is 17.6. The van der Waals surface area contributed by atoms with Gasteiger partial charge in [0.15, 0.2) is 22.8 Å². The Morgan fingerprint density at radius 2 is 1.91 bits per heavy atom. The summed E-state index contributed by atoms with van der Waals surface area (Å²) < 4.78 is 63.7. The molecule has 1 aliphatic rings. The first-order valence-corrected chi connectivity index (χ1v) is 11.0. The Hall–Kier alpha value is -2.77. The molecule has 0 spiro atoms. The second-order valence-electron chi connectivity index (χ2n) is 7.08. The van der Waals surface area contributed by atoms with Crippen molar-refractivity contribution in [2.75, 3.05) is 25.8 Å². The maximum atomic E-state index is 13.6. The van der Waals surface area contributed by atoms with Crippen molar-refractivity contribution in [3.63, 3.8) is 0 Å². The van der Waals surface area contributed by atoms with E-state index in [1.54, 1.807) is 0 Å². The second-order valence-corrected chi connectivity index (χ2v) is 8.80. The first kappa shape index (κ1) is 24.9. The highest BCUT2D eigenvalue weighted by Gasteiger charge is 2.53. The van der Waals surface area contributed by atoms with Gasteiger partial charge < -0.3 is 19.3 Å². The van der Waals surface area contributed by atoms with Crippen molar-refractivity contribution < 1.29 is 41.6 Å². The number of benzene rings is 1. The highest BCUT2D eigenvalue weighted by molar-refractivity contribution is 7.91. The van der Waals surface area contributed by atoms with E-state index in [0.29, 0.717) is 12.1 Å². The third-order valence-corrected chi connectivity index (χ3v) is 6.28. The number of fused-ring (bicyclic) bond motifs is 3. The Morgan fingerprint density at radius 1 is 1.27 bits per heavy atom. The van der Waals surface area contributed by atoms with Crippen molar-refractivity contribution in [3.8, 4) is 5.69 Å². The third-order valence-electron chi connectivity index (χ3n) is 5.03. The summed E-state index contributed by atoms with van der Waals surface area (Å²) in [6, 6.07) is 1.25. The van der Waals surface area contributed by atoms with Gasteiger partial charge in [0, 0.05) is 12.5 Å². The zero-order chi connectivity index (χ0) is 24.9. The SMILES string of the molecule is COC(=O)CC1(C(=O)OC)Nc2c([S+](C)[O-])c(C(C)=O)nn2-c2c(Cl)cc(C(F)(F)F)cc21. The lowest BCUT2D eigenvalue weighted by Gasteiger charge is -2.38. The summed E-state index contributed by atoms with van der Waals surface area (Å²) >= 11 is 4.39. The number of carbonyl (C=O) groups is 3. The number of rotatable bonds is 5. The van der Waals surface area contributed by atoms with Gasteiger partial charge in [-0.2, -0.15) is 18.3 Å². The molecule has 1 aliphatic heterocycles. The number of halogens is 4. The molecule has 0 bridgehead atoms. The molecule has 2 aromatic rings. The predicted molar refractivity (Wildman–Crippen MR) is 110 cm³/mol. The fourth-order valence-corrected chi connectivity index (χ4v) is 4.75. The number of alkyl halides is 3. The van der Waals surface area contributed by atoms with E-state index in [2.05, 4.69) is 15.2 Å². The fraction of sp³-hybridized carbons (Fsp3) is 0.368. The molecule has 14 heteroatoms. The molecule has 0 aliphatic carbocycles. The molecular formula is C19H17ClF3N3O6S. The minimum atomic E-state index is -4.85. The molecule has 1 N–H and O–H groups in total. The van der Waals surface area contributed by atoms with Gasteiger partial charge in [0.05, 0.1) is 36.9 Å². The lowest BCUT2D eigenvalue weighted by atomic mass is 9.82. The number of anilines is 1. The Morgan fingerprint density at radius 3 is 2.39 bits per heavy atom. The van der Waals surface area contributed by atoms with Crippen LogP contribution in [0, 0.1) is 0 Å². The number of ketones is 1. The van der Waals surface area contributed by atoms with Gasteiger partial charge in [-0.15, -0.1) is 0 Å². The van der Waals surface area contributed by atoms with Crippen molar-refractivity contribution in [1.29, 1.82) is 0 Å². The van der Waals surface area contributed by atoms with Crippen molar-refractivity contribution in [1.82, 2.24) is 9.78 Å². The average Bonchev–Trinajstić information content (AvgIpc) is 3.11.